The molecule has 0 saturated carbocycles. The lowest BCUT2D eigenvalue weighted by atomic mass is 10.4. The van der Waals surface area contributed by atoms with Crippen molar-refractivity contribution >= 4 is 11.3 Å². The van der Waals surface area contributed by atoms with Crippen molar-refractivity contribution < 1.29 is 4.42 Å². The zero-order valence-electron chi connectivity index (χ0n) is 10.2. The summed E-state index contributed by atoms with van der Waals surface area (Å²) in [5.41, 5.74) is 4.26. The molecule has 0 aliphatic carbocycles. The van der Waals surface area contributed by atoms with Gasteiger partial charge in [0.2, 0.25) is 5.89 Å². The van der Waals surface area contributed by atoms with Gasteiger partial charge in [-0.15, -0.1) is 11.3 Å². The minimum absolute atomic E-state index is 0.791. The minimum Gasteiger partial charge on any atom is -0.443 e. The molecule has 2 aromatic rings. The lowest BCUT2D eigenvalue weighted by molar-refractivity contribution is 0.235. The van der Waals surface area contributed by atoms with Crippen molar-refractivity contribution in [3.63, 3.8) is 0 Å². The van der Waals surface area contributed by atoms with Crippen molar-refractivity contribution in [3.05, 3.63) is 33.4 Å². The number of hydrogen-bond donors (Lipinski definition) is 0. The third-order valence-electron chi connectivity index (χ3n) is 3.48. The van der Waals surface area contributed by atoms with E-state index < -0.39 is 0 Å². The van der Waals surface area contributed by atoms with E-state index in [1.54, 1.807) is 11.3 Å². The first kappa shape index (κ1) is 10.7. The third-order valence-corrected chi connectivity index (χ3v) is 4.34. The summed E-state index contributed by atoms with van der Waals surface area (Å²) in [6.45, 7) is 4.49. The van der Waals surface area contributed by atoms with E-state index in [-0.39, 0.29) is 0 Å². The van der Waals surface area contributed by atoms with Crippen LogP contribution in [0.25, 0.3) is 0 Å². The molecule has 4 heterocycles. The maximum Gasteiger partial charge on any atom is 0.208 e. The lowest BCUT2D eigenvalue weighted by Crippen LogP contribution is -2.16. The summed E-state index contributed by atoms with van der Waals surface area (Å²) in [6, 6.07) is 0. The molecule has 0 N–H and O–H groups in total. The summed E-state index contributed by atoms with van der Waals surface area (Å²) >= 11 is 1.74. The molecule has 5 nitrogen and oxygen atoms in total. The molecule has 2 aromatic heterocycles. The predicted molar refractivity (Wildman–Crippen MR) is 66.7 cm³/mol. The molecular formula is C12H14N4OS. The van der Waals surface area contributed by atoms with E-state index in [9.17, 15) is 0 Å². The topological polar surface area (TPSA) is 45.4 Å². The van der Waals surface area contributed by atoms with Gasteiger partial charge in [-0.2, -0.15) is 0 Å². The van der Waals surface area contributed by atoms with Gasteiger partial charge in [0.1, 0.15) is 5.76 Å². The van der Waals surface area contributed by atoms with Crippen LogP contribution in [0.1, 0.15) is 27.9 Å². The average Bonchev–Trinajstić information content (AvgIpc) is 2.96. The molecule has 2 aliphatic rings. The molecule has 0 unspecified atom stereocenters. The summed E-state index contributed by atoms with van der Waals surface area (Å²) in [5, 5.41) is 0. The number of aromatic nitrogens is 2. The zero-order chi connectivity index (χ0) is 12.1. The maximum absolute atomic E-state index is 5.82. The van der Waals surface area contributed by atoms with Gasteiger partial charge >= 0.3 is 0 Å². The van der Waals surface area contributed by atoms with Crippen LogP contribution in [0.2, 0.25) is 0 Å². The number of hydrogen-bond acceptors (Lipinski definition) is 6. The van der Waals surface area contributed by atoms with Gasteiger partial charge in [0.05, 0.1) is 30.0 Å². The zero-order valence-corrected chi connectivity index (χ0v) is 11.0. The monoisotopic (exact) mass is 262 g/mol. The Labute approximate surface area is 109 Å². The van der Waals surface area contributed by atoms with E-state index in [4.69, 9.17) is 4.42 Å². The molecular weight excluding hydrogens is 248 g/mol. The Balaban J connectivity index is 1.47. The predicted octanol–water partition coefficient (Wildman–Crippen LogP) is 1.59. The molecule has 0 aromatic carbocycles. The molecule has 4 rings (SSSR count). The molecule has 18 heavy (non-hydrogen) atoms. The van der Waals surface area contributed by atoms with Gasteiger partial charge in [0.15, 0.2) is 0 Å². The van der Waals surface area contributed by atoms with Crippen molar-refractivity contribution in [2.45, 2.75) is 32.7 Å². The quantitative estimate of drug-likeness (QED) is 0.822. The Bertz CT molecular complexity index is 547. The first-order valence-corrected chi connectivity index (χ1v) is 6.95. The van der Waals surface area contributed by atoms with Crippen LogP contribution >= 0.6 is 11.3 Å². The van der Waals surface area contributed by atoms with Crippen molar-refractivity contribution in [2.75, 3.05) is 7.05 Å². The summed E-state index contributed by atoms with van der Waals surface area (Å²) in [4.78, 5) is 14.9. The maximum atomic E-state index is 5.82. The van der Waals surface area contributed by atoms with Gasteiger partial charge in [-0.05, 0) is 7.05 Å². The number of thiazole rings is 1. The largest absolute Gasteiger partial charge is 0.443 e. The Morgan fingerprint density at radius 3 is 3.06 bits per heavy atom. The van der Waals surface area contributed by atoms with Crippen LogP contribution in [0.4, 0.5) is 0 Å². The second-order valence-electron chi connectivity index (χ2n) is 5.02. The van der Waals surface area contributed by atoms with Crippen molar-refractivity contribution in [3.8, 4) is 0 Å². The van der Waals surface area contributed by atoms with Crippen LogP contribution < -0.4 is 0 Å². The Morgan fingerprint density at radius 2 is 2.22 bits per heavy atom. The molecule has 94 valence electrons. The number of fused-ring (bicyclic) bond motifs is 2. The van der Waals surface area contributed by atoms with Crippen molar-refractivity contribution in [2.24, 2.45) is 0 Å². The Hall–Kier alpha value is -1.24. The molecule has 0 spiro atoms. The summed E-state index contributed by atoms with van der Waals surface area (Å²) in [6.07, 6.45) is 0. The Morgan fingerprint density at radius 1 is 1.28 bits per heavy atom. The van der Waals surface area contributed by atoms with Gasteiger partial charge in [0.25, 0.3) is 0 Å². The van der Waals surface area contributed by atoms with E-state index in [1.165, 1.54) is 10.6 Å². The summed E-state index contributed by atoms with van der Waals surface area (Å²) in [5.74, 6) is 1.89. The Kier molecular flexibility index (Phi) is 2.30. The van der Waals surface area contributed by atoms with Gasteiger partial charge in [-0.1, -0.05) is 0 Å². The second kappa shape index (κ2) is 3.88. The second-order valence-corrected chi connectivity index (χ2v) is 5.96. The highest BCUT2D eigenvalue weighted by Gasteiger charge is 2.26. The van der Waals surface area contributed by atoms with Crippen molar-refractivity contribution in [1.29, 1.82) is 0 Å². The van der Waals surface area contributed by atoms with E-state index >= 15 is 0 Å². The minimum atomic E-state index is 0.791. The fourth-order valence-electron chi connectivity index (χ4n) is 2.63. The molecule has 6 heteroatoms. The van der Waals surface area contributed by atoms with E-state index in [2.05, 4.69) is 26.8 Å². The molecule has 0 atom stereocenters. The molecule has 0 bridgehead atoms. The first-order valence-electron chi connectivity index (χ1n) is 6.07. The number of oxazole rings is 1. The van der Waals surface area contributed by atoms with Crippen molar-refractivity contribution in [1.82, 2.24) is 19.8 Å². The lowest BCUT2D eigenvalue weighted by Gasteiger charge is -2.11. The highest BCUT2D eigenvalue weighted by molar-refractivity contribution is 7.09. The van der Waals surface area contributed by atoms with Crippen LogP contribution in [0.15, 0.2) is 9.93 Å². The summed E-state index contributed by atoms with van der Waals surface area (Å²) in [7, 11) is 2.08. The molecule has 0 saturated heterocycles. The van der Waals surface area contributed by atoms with Crippen LogP contribution in [-0.2, 0) is 32.7 Å². The van der Waals surface area contributed by atoms with Gasteiger partial charge < -0.3 is 4.42 Å². The standard InChI is InChI=1S/C12H14N4OS/c1-15-2-8-10(4-15)17-12(14-8)6-16-3-9-11(5-16)18-7-13-9/h7H,2-6H2,1H3. The van der Waals surface area contributed by atoms with Crippen LogP contribution in [0, 0.1) is 0 Å². The first-order chi connectivity index (χ1) is 8.78. The van der Waals surface area contributed by atoms with Gasteiger partial charge in [-0.25, -0.2) is 9.97 Å². The molecule has 0 amide bonds. The van der Waals surface area contributed by atoms with E-state index in [0.717, 1.165) is 50.1 Å². The highest BCUT2D eigenvalue weighted by Crippen LogP contribution is 2.28. The van der Waals surface area contributed by atoms with E-state index in [1.807, 2.05) is 5.51 Å². The average molecular weight is 262 g/mol. The molecule has 0 radical (unpaired) electrons. The van der Waals surface area contributed by atoms with Crippen LogP contribution in [0.3, 0.4) is 0 Å². The van der Waals surface area contributed by atoms with Gasteiger partial charge in [-0.3, -0.25) is 9.80 Å². The smallest absolute Gasteiger partial charge is 0.208 e. The van der Waals surface area contributed by atoms with Crippen LogP contribution in [0.5, 0.6) is 0 Å². The third kappa shape index (κ3) is 1.68. The van der Waals surface area contributed by atoms with Gasteiger partial charge in [0, 0.05) is 24.5 Å². The summed E-state index contributed by atoms with van der Waals surface area (Å²) < 4.78 is 5.82. The highest BCUT2D eigenvalue weighted by atomic mass is 32.1. The SMILES string of the molecule is CN1Cc2nc(CN3Cc4ncsc4C3)oc2C1. The number of nitrogens with zero attached hydrogens (tertiary/aromatic N) is 4. The van der Waals surface area contributed by atoms with Crippen LogP contribution in [-0.4, -0.2) is 26.8 Å². The number of rotatable bonds is 2. The molecule has 0 fully saturated rings. The normalized spacial score (nSPS) is 19.4. The fraction of sp³-hybridized carbons (Fsp3) is 0.500. The molecule has 2 aliphatic heterocycles. The van der Waals surface area contributed by atoms with E-state index in [0.29, 0.717) is 0 Å². The fourth-order valence-corrected chi connectivity index (χ4v) is 3.45.